The first kappa shape index (κ1) is 39.2. The van der Waals surface area contributed by atoms with Gasteiger partial charge in [-0.25, -0.2) is 0 Å². The number of carbonyl (C=O) groups is 3. The fourth-order valence-corrected chi connectivity index (χ4v) is 4.91. The zero-order valence-corrected chi connectivity index (χ0v) is 28.5. The van der Waals surface area contributed by atoms with Crippen LogP contribution in [0.25, 0.3) is 0 Å². The summed E-state index contributed by atoms with van der Waals surface area (Å²) in [6, 6.07) is 1.62. The van der Waals surface area contributed by atoms with Crippen molar-refractivity contribution >= 4 is 29.5 Å². The molecule has 12 heteroatoms. The summed E-state index contributed by atoms with van der Waals surface area (Å²) in [6.07, 6.45) is 5.57. The average Bonchev–Trinajstić information content (AvgIpc) is 2.92. The maximum atomic E-state index is 13.7. The summed E-state index contributed by atoms with van der Waals surface area (Å²) >= 11 is 0. The van der Waals surface area contributed by atoms with Crippen molar-refractivity contribution < 1.29 is 19.5 Å². The number of nitrogens with zero attached hydrogens (tertiary/aromatic N) is 2. The molecule has 45 heavy (non-hydrogen) atoms. The second-order valence-electron chi connectivity index (χ2n) is 13.7. The van der Waals surface area contributed by atoms with E-state index in [9.17, 15) is 19.5 Å². The van der Waals surface area contributed by atoms with Crippen molar-refractivity contribution in [1.82, 2.24) is 10.6 Å². The molecule has 0 bridgehead atoms. The molecule has 0 aromatic heterocycles. The van der Waals surface area contributed by atoms with Crippen LogP contribution in [0.15, 0.2) is 22.1 Å². The summed E-state index contributed by atoms with van der Waals surface area (Å²) in [5.41, 5.74) is 22.5. The van der Waals surface area contributed by atoms with Crippen LogP contribution in [0.2, 0.25) is 0 Å². The minimum atomic E-state index is -0.968. The summed E-state index contributed by atoms with van der Waals surface area (Å²) in [4.78, 5) is 48.6. The van der Waals surface area contributed by atoms with Gasteiger partial charge in [0.15, 0.2) is 17.7 Å². The van der Waals surface area contributed by atoms with E-state index in [1.165, 1.54) is 0 Å². The lowest BCUT2D eigenvalue weighted by Gasteiger charge is -2.28. The Morgan fingerprint density at radius 3 is 1.69 bits per heavy atom. The van der Waals surface area contributed by atoms with Crippen LogP contribution in [-0.4, -0.2) is 59.8 Å². The minimum Gasteiger partial charge on any atom is -0.507 e. The summed E-state index contributed by atoms with van der Waals surface area (Å²) in [5, 5.41) is 16.9. The van der Waals surface area contributed by atoms with Gasteiger partial charge in [-0.2, -0.15) is 0 Å². The van der Waals surface area contributed by atoms with Gasteiger partial charge in [0.2, 0.25) is 5.91 Å². The summed E-state index contributed by atoms with van der Waals surface area (Å²) in [6.45, 7) is 14.5. The Balaban J connectivity index is 3.35. The molecule has 0 aliphatic rings. The van der Waals surface area contributed by atoms with Crippen LogP contribution in [0.5, 0.6) is 5.75 Å². The maximum Gasteiger partial charge on any atom is 0.251 e. The largest absolute Gasteiger partial charge is 0.507 e. The number of ketones is 1. The van der Waals surface area contributed by atoms with Gasteiger partial charge in [-0.1, -0.05) is 67.7 Å². The van der Waals surface area contributed by atoms with E-state index < -0.39 is 34.7 Å². The zero-order valence-electron chi connectivity index (χ0n) is 28.5. The molecule has 0 aliphatic heterocycles. The van der Waals surface area contributed by atoms with Crippen LogP contribution in [0.1, 0.15) is 128 Å². The lowest BCUT2D eigenvalue weighted by Crippen LogP contribution is -2.51. The number of hydrogen-bond donors (Lipinski definition) is 7. The third kappa shape index (κ3) is 14.2. The molecule has 11 N–H and O–H groups in total. The van der Waals surface area contributed by atoms with Crippen LogP contribution in [0, 0.1) is 0 Å². The molecule has 0 aliphatic carbocycles. The first-order valence-corrected chi connectivity index (χ1v) is 16.0. The number of benzene rings is 1. The number of nitrogens with one attached hydrogen (secondary N) is 2. The predicted molar refractivity (Wildman–Crippen MR) is 182 cm³/mol. The fraction of sp³-hybridized carbons (Fsp3) is 0.667. The third-order valence-corrected chi connectivity index (χ3v) is 7.48. The number of guanidine groups is 2. The van der Waals surface area contributed by atoms with Crippen molar-refractivity contribution in [3.05, 3.63) is 28.8 Å². The van der Waals surface area contributed by atoms with Gasteiger partial charge in [-0.3, -0.25) is 24.4 Å². The van der Waals surface area contributed by atoms with Crippen LogP contribution in [0.3, 0.4) is 0 Å². The fourth-order valence-electron chi connectivity index (χ4n) is 4.91. The third-order valence-electron chi connectivity index (χ3n) is 7.48. The number of amides is 2. The second kappa shape index (κ2) is 18.2. The van der Waals surface area contributed by atoms with Crippen molar-refractivity contribution in [2.24, 2.45) is 32.9 Å². The van der Waals surface area contributed by atoms with Crippen molar-refractivity contribution in [2.75, 3.05) is 13.1 Å². The Labute approximate surface area is 269 Å². The second-order valence-corrected chi connectivity index (χ2v) is 13.7. The topological polar surface area (TPSA) is 224 Å². The minimum absolute atomic E-state index is 0.0384. The van der Waals surface area contributed by atoms with Crippen molar-refractivity contribution in [2.45, 2.75) is 129 Å². The smallest absolute Gasteiger partial charge is 0.251 e. The van der Waals surface area contributed by atoms with Gasteiger partial charge in [0.25, 0.3) is 5.91 Å². The van der Waals surface area contributed by atoms with Crippen molar-refractivity contribution in [3.63, 3.8) is 0 Å². The molecule has 0 fully saturated rings. The molecule has 2 atom stereocenters. The zero-order chi connectivity index (χ0) is 34.4. The summed E-state index contributed by atoms with van der Waals surface area (Å²) < 4.78 is 0. The van der Waals surface area contributed by atoms with E-state index in [2.05, 4.69) is 27.5 Å². The highest BCUT2D eigenvalue weighted by Gasteiger charge is 2.30. The Kier molecular flexibility index (Phi) is 15.9. The van der Waals surface area contributed by atoms with Gasteiger partial charge in [-0.05, 0) is 55.1 Å². The summed E-state index contributed by atoms with van der Waals surface area (Å²) in [5.74, 6) is -0.973. The highest BCUT2D eigenvalue weighted by atomic mass is 16.3. The van der Waals surface area contributed by atoms with Gasteiger partial charge in [-0.15, -0.1) is 0 Å². The van der Waals surface area contributed by atoms with E-state index in [0.717, 1.165) is 25.7 Å². The number of rotatable bonds is 18. The van der Waals surface area contributed by atoms with Crippen LogP contribution in [-0.2, 0) is 20.4 Å². The Morgan fingerprint density at radius 1 is 0.756 bits per heavy atom. The first-order chi connectivity index (χ1) is 20.9. The van der Waals surface area contributed by atoms with Crippen LogP contribution >= 0.6 is 0 Å². The van der Waals surface area contributed by atoms with Gasteiger partial charge < -0.3 is 38.7 Å². The molecule has 2 amide bonds. The SMILES string of the molecule is CCCCCCC(=O)C(CCCN=C(N)N)NC(=O)C(CCCN=C(N)N)NC(=O)c1cc(C(C)(C)C)c(O)c(C(C)(C)C)c1. The highest BCUT2D eigenvalue weighted by Crippen LogP contribution is 2.39. The molecule has 2 unspecified atom stereocenters. The van der Waals surface area contributed by atoms with E-state index in [-0.39, 0.29) is 36.4 Å². The number of aromatic hydroxyl groups is 1. The molecular formula is C33H58N8O4. The van der Waals surface area contributed by atoms with E-state index in [1.54, 1.807) is 12.1 Å². The van der Waals surface area contributed by atoms with Gasteiger partial charge >= 0.3 is 0 Å². The van der Waals surface area contributed by atoms with Crippen LogP contribution < -0.4 is 33.6 Å². The van der Waals surface area contributed by atoms with Crippen molar-refractivity contribution in [3.8, 4) is 5.75 Å². The number of hydrogen-bond acceptors (Lipinski definition) is 6. The van der Waals surface area contributed by atoms with Gasteiger partial charge in [0.1, 0.15) is 11.8 Å². The molecule has 12 nitrogen and oxygen atoms in total. The molecule has 1 rings (SSSR count). The highest BCUT2D eigenvalue weighted by molar-refractivity contribution is 5.99. The molecule has 1 aromatic carbocycles. The molecule has 254 valence electrons. The monoisotopic (exact) mass is 630 g/mol. The molecule has 0 saturated carbocycles. The molecular weight excluding hydrogens is 572 g/mol. The molecule has 0 radical (unpaired) electrons. The Bertz CT molecular complexity index is 1160. The molecule has 1 aromatic rings. The Morgan fingerprint density at radius 2 is 1.24 bits per heavy atom. The van der Waals surface area contributed by atoms with E-state index in [0.29, 0.717) is 48.9 Å². The number of aliphatic imine (C=N–C) groups is 2. The molecule has 0 heterocycles. The van der Waals surface area contributed by atoms with Gasteiger partial charge in [0.05, 0.1) is 6.04 Å². The van der Waals surface area contributed by atoms with E-state index in [4.69, 9.17) is 22.9 Å². The molecule has 0 saturated heterocycles. The maximum absolute atomic E-state index is 13.7. The number of Topliss-reactive ketones (excluding diaryl/α,β-unsaturated/α-hetero) is 1. The number of carbonyl (C=O) groups excluding carboxylic acids is 3. The van der Waals surface area contributed by atoms with Crippen LogP contribution in [0.4, 0.5) is 0 Å². The average molecular weight is 631 g/mol. The number of phenolic OH excluding ortho intramolecular Hbond substituents is 1. The lowest BCUT2D eigenvalue weighted by molar-refractivity contribution is -0.129. The first-order valence-electron chi connectivity index (χ1n) is 16.0. The number of nitrogens with two attached hydrogens (primary N) is 4. The molecule has 0 spiro atoms. The van der Waals surface area contributed by atoms with Crippen molar-refractivity contribution in [1.29, 1.82) is 0 Å². The lowest BCUT2D eigenvalue weighted by atomic mass is 9.78. The quantitative estimate of drug-likeness (QED) is 0.0722. The standard InChI is InChI=1S/C33H58N8O4/c1-8-9-10-11-16-26(42)24(14-12-17-38-30(34)35)40-29(45)25(15-13-18-39-31(36)37)41-28(44)21-19-22(32(2,3)4)27(43)23(20-21)33(5,6)7/h19-20,24-25,43H,8-18H2,1-7H3,(H,40,45)(H,41,44)(H4,34,35,38)(H4,36,37,39). The predicted octanol–water partition coefficient (Wildman–Crippen LogP) is 3.22. The Hall–Kier alpha value is -3.83. The summed E-state index contributed by atoms with van der Waals surface area (Å²) in [7, 11) is 0. The normalized spacial score (nSPS) is 13.0. The number of unbranched alkanes of at least 4 members (excludes halogenated alkanes) is 3. The van der Waals surface area contributed by atoms with Gasteiger partial charge in [0, 0.05) is 36.2 Å². The number of phenols is 1. The van der Waals surface area contributed by atoms with E-state index >= 15 is 0 Å². The van der Waals surface area contributed by atoms with E-state index in [1.807, 2.05) is 41.5 Å².